The lowest BCUT2D eigenvalue weighted by Crippen LogP contribution is -2.57. The summed E-state index contributed by atoms with van der Waals surface area (Å²) in [5.74, 6) is -4.29. The van der Waals surface area contributed by atoms with Gasteiger partial charge in [0.1, 0.15) is 23.9 Å². The van der Waals surface area contributed by atoms with E-state index in [9.17, 15) is 34.2 Å². The number of aliphatic carboxylic acids is 1. The number of carboxylic acid groups (broad SMARTS) is 1. The minimum Gasteiger partial charge on any atom is -0.508 e. The van der Waals surface area contributed by atoms with Crippen molar-refractivity contribution < 1.29 is 34.2 Å². The zero-order valence-electron chi connectivity index (χ0n) is 20.5. The molecule has 4 atom stereocenters. The van der Waals surface area contributed by atoms with Gasteiger partial charge in [0.05, 0.1) is 18.8 Å². The van der Waals surface area contributed by atoms with Crippen molar-refractivity contribution in [3.05, 3.63) is 48.0 Å². The number of nitrogens with two attached hydrogens (primary N) is 2. The van der Waals surface area contributed by atoms with Gasteiger partial charge in [-0.3, -0.25) is 19.2 Å². The molecule has 38 heavy (non-hydrogen) atoms. The monoisotopic (exact) mass is 529 g/mol. The van der Waals surface area contributed by atoms with Crippen molar-refractivity contribution in [1.82, 2.24) is 25.5 Å². The first-order valence-corrected chi connectivity index (χ1v) is 12.0. The fraction of sp³-hybridized carbons (Fsp3) is 0.417. The van der Waals surface area contributed by atoms with Crippen molar-refractivity contribution in [1.29, 1.82) is 0 Å². The van der Waals surface area contributed by atoms with E-state index in [1.54, 1.807) is 6.20 Å². The van der Waals surface area contributed by atoms with Crippen molar-refractivity contribution in [3.63, 3.8) is 0 Å². The Hall–Kier alpha value is -4.46. The van der Waals surface area contributed by atoms with Crippen LogP contribution in [0, 0.1) is 0 Å². The smallest absolute Gasteiger partial charge is 0.326 e. The summed E-state index contributed by atoms with van der Waals surface area (Å²) in [6, 6.07) is 1.06. The number of hydrogen-bond acceptors (Lipinski definition) is 8. The maximum absolute atomic E-state index is 13.1. The van der Waals surface area contributed by atoms with Crippen LogP contribution in [-0.4, -0.2) is 85.4 Å². The zero-order chi connectivity index (χ0) is 27.8. The van der Waals surface area contributed by atoms with Crippen molar-refractivity contribution in [2.45, 2.75) is 56.3 Å². The van der Waals surface area contributed by atoms with E-state index < -0.39 is 60.2 Å². The van der Waals surface area contributed by atoms with Crippen LogP contribution in [-0.2, 0) is 36.8 Å². The molecule has 204 valence electrons. The van der Waals surface area contributed by atoms with E-state index in [-0.39, 0.29) is 25.1 Å². The fourth-order valence-corrected chi connectivity index (χ4v) is 4.26. The van der Waals surface area contributed by atoms with Gasteiger partial charge in [-0.25, -0.2) is 9.78 Å². The number of nitrogens with one attached hydrogen (secondary N) is 3. The van der Waals surface area contributed by atoms with E-state index in [0.717, 1.165) is 0 Å². The van der Waals surface area contributed by atoms with E-state index >= 15 is 0 Å². The summed E-state index contributed by atoms with van der Waals surface area (Å²) >= 11 is 0. The van der Waals surface area contributed by atoms with Gasteiger partial charge >= 0.3 is 5.97 Å². The number of benzene rings is 1. The number of aromatic hydroxyl groups is 1. The van der Waals surface area contributed by atoms with E-state index in [0.29, 0.717) is 24.1 Å². The summed E-state index contributed by atoms with van der Waals surface area (Å²) < 4.78 is 0. The molecule has 1 saturated heterocycles. The molecule has 1 aliphatic rings. The first-order valence-electron chi connectivity index (χ1n) is 12.0. The van der Waals surface area contributed by atoms with Crippen LogP contribution < -0.4 is 22.1 Å². The maximum atomic E-state index is 13.1. The molecule has 14 nitrogen and oxygen atoms in total. The molecule has 1 aromatic carbocycles. The summed E-state index contributed by atoms with van der Waals surface area (Å²) in [6.45, 7) is 0.286. The number of hydrogen-bond donors (Lipinski definition) is 7. The quantitative estimate of drug-likeness (QED) is 0.163. The Kier molecular flexibility index (Phi) is 9.38. The second-order valence-electron chi connectivity index (χ2n) is 9.08. The second-order valence-corrected chi connectivity index (χ2v) is 9.08. The molecular weight excluding hydrogens is 498 g/mol. The number of H-pyrrole nitrogens is 1. The third kappa shape index (κ3) is 7.52. The minimum atomic E-state index is -1.46. The molecule has 0 saturated carbocycles. The zero-order valence-corrected chi connectivity index (χ0v) is 20.5. The van der Waals surface area contributed by atoms with Gasteiger partial charge < -0.3 is 42.2 Å². The molecule has 1 fully saturated rings. The van der Waals surface area contributed by atoms with Crippen LogP contribution in [0.3, 0.4) is 0 Å². The highest BCUT2D eigenvalue weighted by molar-refractivity contribution is 5.96. The molecule has 0 spiro atoms. The first-order chi connectivity index (χ1) is 18.0. The largest absolute Gasteiger partial charge is 0.508 e. The highest BCUT2D eigenvalue weighted by Gasteiger charge is 2.38. The number of nitrogens with zero attached hydrogens (tertiary/aromatic N) is 2. The predicted octanol–water partition coefficient (Wildman–Crippen LogP) is -1.85. The Labute approximate surface area is 217 Å². The van der Waals surface area contributed by atoms with Gasteiger partial charge in [-0.1, -0.05) is 12.1 Å². The lowest BCUT2D eigenvalue weighted by molar-refractivity contribution is -0.143. The molecule has 3 rings (SSSR count). The molecule has 1 aromatic heterocycles. The van der Waals surface area contributed by atoms with Crippen LogP contribution in [0.5, 0.6) is 5.75 Å². The third-order valence-corrected chi connectivity index (χ3v) is 6.18. The van der Waals surface area contributed by atoms with Crippen LogP contribution >= 0.6 is 0 Å². The standard InChI is InChI=1S/C24H31N7O7/c25-16(9-14-11-27-12-28-14)23(36)31-7-1-2-19(31)22(35)29-17(10-20(26)33)21(34)30-18(24(37)38)8-13-3-5-15(32)6-4-13/h3-6,11-12,16-19,32H,1-2,7-10,25H2,(H2,26,33)(H,27,28)(H,29,35)(H,30,34)(H,37,38). The van der Waals surface area contributed by atoms with Gasteiger partial charge in [0.2, 0.25) is 23.6 Å². The lowest BCUT2D eigenvalue weighted by atomic mass is 10.0. The van der Waals surface area contributed by atoms with Gasteiger partial charge in [0.15, 0.2) is 0 Å². The number of phenols is 1. The van der Waals surface area contributed by atoms with E-state index in [1.165, 1.54) is 35.5 Å². The normalized spacial score (nSPS) is 17.3. The number of primary amides is 1. The summed E-state index contributed by atoms with van der Waals surface area (Å²) in [5, 5.41) is 23.8. The Balaban J connectivity index is 1.67. The molecule has 9 N–H and O–H groups in total. The number of phenolic OH excluding ortho intramolecular Hbond substituents is 1. The molecular formula is C24H31N7O7. The van der Waals surface area contributed by atoms with Crippen LogP contribution in [0.1, 0.15) is 30.5 Å². The van der Waals surface area contributed by atoms with Gasteiger partial charge in [-0.05, 0) is 30.5 Å². The van der Waals surface area contributed by atoms with Crippen molar-refractivity contribution in [3.8, 4) is 5.75 Å². The van der Waals surface area contributed by atoms with Crippen molar-refractivity contribution in [2.24, 2.45) is 11.5 Å². The Morgan fingerprint density at radius 2 is 1.82 bits per heavy atom. The molecule has 2 aromatic rings. The number of likely N-dealkylation sites (tertiary alicyclic amines) is 1. The number of rotatable bonds is 12. The van der Waals surface area contributed by atoms with Gasteiger partial charge in [0.25, 0.3) is 0 Å². The number of carboxylic acids is 1. The fourth-order valence-electron chi connectivity index (χ4n) is 4.26. The van der Waals surface area contributed by atoms with Crippen LogP contribution in [0.2, 0.25) is 0 Å². The molecule has 0 radical (unpaired) electrons. The number of carbonyl (C=O) groups is 5. The minimum absolute atomic E-state index is 0.00408. The molecule has 4 unspecified atom stereocenters. The van der Waals surface area contributed by atoms with Crippen LogP contribution in [0.4, 0.5) is 0 Å². The molecule has 0 bridgehead atoms. The molecule has 14 heteroatoms. The number of aromatic nitrogens is 2. The van der Waals surface area contributed by atoms with Crippen molar-refractivity contribution in [2.75, 3.05) is 6.54 Å². The van der Waals surface area contributed by atoms with Crippen LogP contribution in [0.15, 0.2) is 36.8 Å². The average Bonchev–Trinajstić information content (AvgIpc) is 3.56. The lowest BCUT2D eigenvalue weighted by Gasteiger charge is -2.28. The number of imidazole rings is 1. The second kappa shape index (κ2) is 12.7. The maximum Gasteiger partial charge on any atom is 0.326 e. The summed E-state index contributed by atoms with van der Waals surface area (Å²) in [7, 11) is 0. The van der Waals surface area contributed by atoms with Gasteiger partial charge in [-0.15, -0.1) is 0 Å². The Morgan fingerprint density at radius 1 is 1.11 bits per heavy atom. The highest BCUT2D eigenvalue weighted by atomic mass is 16.4. The Bertz CT molecular complexity index is 1150. The van der Waals surface area contributed by atoms with E-state index in [4.69, 9.17) is 11.5 Å². The molecule has 1 aliphatic heterocycles. The van der Waals surface area contributed by atoms with Gasteiger partial charge in [0, 0.05) is 31.3 Å². The summed E-state index contributed by atoms with van der Waals surface area (Å²) in [5.41, 5.74) is 12.5. The number of aromatic amines is 1. The van der Waals surface area contributed by atoms with E-state index in [1.807, 2.05) is 0 Å². The summed E-state index contributed by atoms with van der Waals surface area (Å²) in [6.07, 6.45) is 3.34. The first kappa shape index (κ1) is 28.1. The van der Waals surface area contributed by atoms with E-state index in [2.05, 4.69) is 20.6 Å². The Morgan fingerprint density at radius 3 is 2.42 bits per heavy atom. The highest BCUT2D eigenvalue weighted by Crippen LogP contribution is 2.19. The molecule has 0 aliphatic carbocycles. The topological polar surface area (TPSA) is 234 Å². The van der Waals surface area contributed by atoms with Crippen molar-refractivity contribution >= 4 is 29.6 Å². The van der Waals surface area contributed by atoms with Crippen LogP contribution in [0.25, 0.3) is 0 Å². The molecule has 4 amide bonds. The van der Waals surface area contributed by atoms with Gasteiger partial charge in [-0.2, -0.15) is 0 Å². The average molecular weight is 530 g/mol. The molecule has 2 heterocycles. The third-order valence-electron chi connectivity index (χ3n) is 6.18. The number of carbonyl (C=O) groups excluding carboxylic acids is 4. The SMILES string of the molecule is NC(=O)CC(NC(=O)C1CCCN1C(=O)C(N)Cc1cnc[nH]1)C(=O)NC(Cc1ccc(O)cc1)C(=O)O. The number of amides is 4. The summed E-state index contributed by atoms with van der Waals surface area (Å²) in [4.78, 5) is 70.5. The predicted molar refractivity (Wildman–Crippen MR) is 132 cm³/mol.